The molecule has 21 aromatic carbocycles. The van der Waals surface area contributed by atoms with Crippen LogP contribution in [0.1, 0.15) is 0 Å². The predicted molar refractivity (Wildman–Crippen MR) is 574 cm³/mol. The number of benzene rings is 21. The molecule has 0 atom stereocenters. The maximum Gasteiger partial charge on any atom is 0.235 e. The molecule has 138 heavy (non-hydrogen) atoms. The first-order valence-electron chi connectivity index (χ1n) is 47.1. The lowest BCUT2D eigenvalue weighted by atomic mass is 10.0. The molecule has 0 aliphatic carbocycles. The lowest BCUT2D eigenvalue weighted by Crippen LogP contribution is -2.04. The fourth-order valence-electron chi connectivity index (χ4n) is 23.8. The summed E-state index contributed by atoms with van der Waals surface area (Å²) in [6.45, 7) is 0. The molecule has 33 aromatic rings. The minimum atomic E-state index is 0.677. The van der Waals surface area contributed by atoms with Gasteiger partial charge >= 0.3 is 0 Å². The van der Waals surface area contributed by atoms with Gasteiger partial charge in [-0.05, 0) is 123 Å². The third-order valence-corrected chi connectivity index (χ3v) is 29.5. The van der Waals surface area contributed by atoms with Crippen LogP contribution in [0.15, 0.2) is 437 Å². The largest absolute Gasteiger partial charge is 0.308 e. The Morgan fingerprint density at radius 1 is 0.145 bits per heavy atom. The first-order valence-corrected chi connectivity index (χ1v) is 47.1. The van der Waals surface area contributed by atoms with Crippen LogP contribution in [0, 0.1) is 0 Å². The van der Waals surface area contributed by atoms with E-state index in [4.69, 9.17) is 29.9 Å². The molecule has 0 radical (unpaired) electrons. The fraction of sp³-hybridized carbons (Fsp3) is 0. The normalized spacial score (nSPS) is 12.3. The number of fused-ring (bicyclic) bond motifs is 27. The molecule has 0 fully saturated rings. The van der Waals surface area contributed by atoms with E-state index in [-0.39, 0.29) is 0 Å². The molecule has 0 saturated carbocycles. The van der Waals surface area contributed by atoms with Crippen molar-refractivity contribution in [3.8, 4) is 51.4 Å². The molecule has 12 heterocycles. The van der Waals surface area contributed by atoms with E-state index >= 15 is 0 Å². The molecule has 0 unspecified atom stereocenters. The van der Waals surface area contributed by atoms with Crippen molar-refractivity contribution in [1.29, 1.82) is 0 Å². The molecule has 0 aliphatic rings. The summed E-state index contributed by atoms with van der Waals surface area (Å²) >= 11 is 0. The molecule has 33 rings (SSSR count). The van der Waals surface area contributed by atoms with Gasteiger partial charge in [0.05, 0.1) is 116 Å². The van der Waals surface area contributed by atoms with Crippen molar-refractivity contribution in [3.63, 3.8) is 0 Å². The Morgan fingerprint density at radius 2 is 0.428 bits per heavy atom. The van der Waals surface area contributed by atoms with Crippen molar-refractivity contribution >= 4 is 245 Å². The minimum Gasteiger partial charge on any atom is -0.308 e. The van der Waals surface area contributed by atoms with Crippen LogP contribution >= 0.6 is 0 Å². The van der Waals surface area contributed by atoms with Crippen LogP contribution in [-0.2, 0) is 0 Å². The van der Waals surface area contributed by atoms with Gasteiger partial charge in [0.15, 0.2) is 11.6 Å². The second-order valence-corrected chi connectivity index (χ2v) is 36.5. The topological polar surface area (TPSA) is 105 Å². The van der Waals surface area contributed by atoms with Crippen molar-refractivity contribution in [2.45, 2.75) is 0 Å². The summed E-state index contributed by atoms with van der Waals surface area (Å²) in [7, 11) is 0. The summed E-state index contributed by atoms with van der Waals surface area (Å²) in [6, 6.07) is 156. The number of aromatic nitrogens is 12. The Labute approximate surface area is 784 Å². The first-order chi connectivity index (χ1) is 68.5. The summed E-state index contributed by atoms with van der Waals surface area (Å²) in [5.74, 6) is 2.35. The van der Waals surface area contributed by atoms with Gasteiger partial charge in [-0.15, -0.1) is 0 Å². The predicted octanol–water partition coefficient (Wildman–Crippen LogP) is 32.1. The standard InChI is InChI=1S/3C42H24N4/c1-2-12-26(13-3-1)39-42(43-32-23-21-25-11-4-5-14-27(25)40(32)44-39)46-35-20-10-17-30-28-15-6-8-18-33(28)45-34-19-9-7-16-29(34)31-22-24-36(46)38(37(30)35)41(31)45;1-2-12-26(13-3-1)39-42(44-40-27-14-5-4-11-25(27)21-23-32(40)43-39)46-35-20-10-17-30-28-15-6-8-18-33(28)45-34-19-9-7-16-29(34)31-22-24-36(46)38(37(30)35)41(31)45;1-2-12-26(13-3-1)39-32-22-21-25-11-4-5-14-27(25)40(32)44-42(43-39)46-35-20-10-17-30-28-15-6-8-18-33(28)45-34-19-9-7-16-29(34)31-23-24-36(46)38(37(30)35)41(31)45/h3*1-24H. The summed E-state index contributed by atoms with van der Waals surface area (Å²) in [5.41, 5.74) is 28.1. The van der Waals surface area contributed by atoms with Gasteiger partial charge in [0.25, 0.3) is 0 Å². The van der Waals surface area contributed by atoms with E-state index in [1.54, 1.807) is 0 Å². The first kappa shape index (κ1) is 74.8. The second-order valence-electron chi connectivity index (χ2n) is 36.5. The Morgan fingerprint density at radius 3 is 0.841 bits per heavy atom. The van der Waals surface area contributed by atoms with Crippen molar-refractivity contribution < 1.29 is 0 Å². The maximum atomic E-state index is 5.55. The van der Waals surface area contributed by atoms with Crippen molar-refractivity contribution in [3.05, 3.63) is 437 Å². The molecule has 0 bridgehead atoms. The van der Waals surface area contributed by atoms with Crippen LogP contribution in [0.4, 0.5) is 0 Å². The number of rotatable bonds is 6. The quantitative estimate of drug-likeness (QED) is 0.154. The van der Waals surface area contributed by atoms with Gasteiger partial charge in [-0.1, -0.05) is 346 Å². The van der Waals surface area contributed by atoms with Gasteiger partial charge in [-0.2, -0.15) is 0 Å². The van der Waals surface area contributed by atoms with E-state index in [0.29, 0.717) is 5.95 Å². The Balaban J connectivity index is 0.0000000959. The summed E-state index contributed by atoms with van der Waals surface area (Å²) in [6.07, 6.45) is 0. The van der Waals surface area contributed by atoms with Crippen LogP contribution in [0.2, 0.25) is 0 Å². The zero-order valence-corrected chi connectivity index (χ0v) is 73.9. The monoisotopic (exact) mass is 1750 g/mol. The third kappa shape index (κ3) is 10.3. The lowest BCUT2D eigenvalue weighted by molar-refractivity contribution is 1.02. The van der Waals surface area contributed by atoms with E-state index in [0.717, 1.165) is 138 Å². The van der Waals surface area contributed by atoms with E-state index in [2.05, 4.69) is 464 Å². The molecule has 12 heteroatoms. The second kappa shape index (κ2) is 28.4. The van der Waals surface area contributed by atoms with Gasteiger partial charge in [0, 0.05) is 119 Å². The van der Waals surface area contributed by atoms with Gasteiger partial charge in [-0.3, -0.25) is 13.7 Å². The molecule has 0 spiro atoms. The van der Waals surface area contributed by atoms with Crippen LogP contribution in [-0.4, -0.2) is 56.8 Å². The molecule has 0 N–H and O–H groups in total. The molecule has 636 valence electrons. The average Bonchev–Trinajstić information content (AvgIpc) is 1.53. The van der Waals surface area contributed by atoms with Gasteiger partial charge in [0.1, 0.15) is 11.4 Å². The van der Waals surface area contributed by atoms with Gasteiger partial charge in [-0.25, -0.2) is 29.9 Å². The van der Waals surface area contributed by atoms with E-state index in [1.807, 2.05) is 0 Å². The molecular weight excluding hydrogens is 1680 g/mol. The fourth-order valence-corrected chi connectivity index (χ4v) is 23.8. The highest BCUT2D eigenvalue weighted by Gasteiger charge is 2.31. The summed E-state index contributed by atoms with van der Waals surface area (Å²) in [4.78, 5) is 32.7. The molecule has 0 aliphatic heterocycles. The molecule has 12 nitrogen and oxygen atoms in total. The van der Waals surface area contributed by atoms with Gasteiger partial charge < -0.3 is 13.2 Å². The van der Waals surface area contributed by atoms with Crippen LogP contribution in [0.5, 0.6) is 0 Å². The lowest BCUT2D eigenvalue weighted by Gasteiger charge is -2.15. The smallest absolute Gasteiger partial charge is 0.235 e. The summed E-state index contributed by atoms with van der Waals surface area (Å²) in [5, 5.41) is 30.2. The number of hydrogen-bond donors (Lipinski definition) is 0. The third-order valence-electron chi connectivity index (χ3n) is 29.5. The van der Waals surface area contributed by atoms with Crippen LogP contribution in [0.25, 0.3) is 296 Å². The number of nitrogens with zero attached hydrogens (tertiary/aromatic N) is 12. The Kier molecular flexibility index (Phi) is 15.4. The molecule has 0 saturated heterocycles. The highest BCUT2D eigenvalue weighted by Crippen LogP contribution is 2.52. The van der Waals surface area contributed by atoms with E-state index in [1.165, 1.54) is 152 Å². The Bertz CT molecular complexity index is 11000. The number of para-hydroxylation sites is 6. The summed E-state index contributed by atoms with van der Waals surface area (Å²) < 4.78 is 14.4. The zero-order chi connectivity index (χ0) is 89.8. The molecule has 0 amide bonds. The maximum absolute atomic E-state index is 5.55. The van der Waals surface area contributed by atoms with Crippen molar-refractivity contribution in [2.24, 2.45) is 0 Å². The zero-order valence-electron chi connectivity index (χ0n) is 73.9. The van der Waals surface area contributed by atoms with Crippen LogP contribution in [0.3, 0.4) is 0 Å². The average molecular weight is 1750 g/mol. The van der Waals surface area contributed by atoms with Crippen molar-refractivity contribution in [1.82, 2.24) is 56.8 Å². The molecular formula is C126H72N12. The highest BCUT2D eigenvalue weighted by molar-refractivity contribution is 6.37. The van der Waals surface area contributed by atoms with Crippen molar-refractivity contribution in [2.75, 3.05) is 0 Å². The van der Waals surface area contributed by atoms with E-state index < -0.39 is 0 Å². The van der Waals surface area contributed by atoms with Crippen LogP contribution < -0.4 is 0 Å². The van der Waals surface area contributed by atoms with Gasteiger partial charge in [0.2, 0.25) is 5.95 Å². The molecule has 12 aromatic heterocycles. The van der Waals surface area contributed by atoms with E-state index in [9.17, 15) is 0 Å². The minimum absolute atomic E-state index is 0.677. The Hall–Kier alpha value is -18.8. The SMILES string of the molecule is c1ccc(-c2nc(-n3c4cccc5c6ccccc6n6c7ccccc7c7ccc3c(c54)c76)nc3c2ccc2ccccc23)cc1.c1ccc(-c2nc3c(ccc4ccccc43)nc2-n2c3cccc4c5ccccc5n5c6ccccc6c6ccc2c(c43)c65)cc1.c1ccc(-c2nc3ccc4ccccc4c3nc2-n2c3cccc4c5ccccc5n5c6ccccc6c6ccc2c(c43)c65)cc1. The number of hydrogen-bond acceptors (Lipinski definition) is 6. The highest BCUT2D eigenvalue weighted by atomic mass is 15.2.